The van der Waals surface area contributed by atoms with E-state index in [4.69, 9.17) is 5.14 Å². The van der Waals surface area contributed by atoms with E-state index in [1.54, 1.807) is 6.07 Å². The van der Waals surface area contributed by atoms with Crippen molar-refractivity contribution in [3.8, 4) is 0 Å². The van der Waals surface area contributed by atoms with Crippen molar-refractivity contribution in [2.75, 3.05) is 0 Å². The van der Waals surface area contributed by atoms with Crippen molar-refractivity contribution in [2.24, 2.45) is 5.14 Å². The first-order valence-electron chi connectivity index (χ1n) is 3.63. The molecule has 1 rings (SSSR count). The molecule has 1 atom stereocenters. The maximum atomic E-state index is 11.0. The SMILES string of the molecule is C/C=C/c1ccccc1S(N)=O. The third kappa shape index (κ3) is 2.03. The molecule has 0 aromatic heterocycles. The number of rotatable bonds is 2. The van der Waals surface area contributed by atoms with Crippen LogP contribution in [0.25, 0.3) is 6.08 Å². The molecule has 2 N–H and O–H groups in total. The van der Waals surface area contributed by atoms with Crippen molar-refractivity contribution >= 4 is 17.1 Å². The van der Waals surface area contributed by atoms with Gasteiger partial charge in [0.15, 0.2) is 0 Å². The van der Waals surface area contributed by atoms with Crippen LogP contribution in [0.3, 0.4) is 0 Å². The van der Waals surface area contributed by atoms with Crippen LogP contribution in [0.4, 0.5) is 0 Å². The summed E-state index contributed by atoms with van der Waals surface area (Å²) >= 11 is 0. The van der Waals surface area contributed by atoms with E-state index >= 15 is 0 Å². The summed E-state index contributed by atoms with van der Waals surface area (Å²) in [6.45, 7) is 1.91. The Morgan fingerprint density at radius 2 is 2.08 bits per heavy atom. The van der Waals surface area contributed by atoms with Gasteiger partial charge in [-0.2, -0.15) is 0 Å². The molecule has 0 fully saturated rings. The molecule has 1 aromatic carbocycles. The third-order valence-corrected chi connectivity index (χ3v) is 2.29. The van der Waals surface area contributed by atoms with E-state index in [9.17, 15) is 4.21 Å². The summed E-state index contributed by atoms with van der Waals surface area (Å²) in [5.74, 6) is 0. The molecule has 0 aliphatic rings. The second kappa shape index (κ2) is 4.18. The van der Waals surface area contributed by atoms with Gasteiger partial charge in [-0.3, -0.25) is 0 Å². The van der Waals surface area contributed by atoms with Crippen LogP contribution in [0.5, 0.6) is 0 Å². The van der Waals surface area contributed by atoms with E-state index in [2.05, 4.69) is 0 Å². The van der Waals surface area contributed by atoms with E-state index in [1.807, 2.05) is 37.3 Å². The monoisotopic (exact) mass is 181 g/mol. The van der Waals surface area contributed by atoms with Crippen LogP contribution in [-0.4, -0.2) is 4.21 Å². The topological polar surface area (TPSA) is 43.1 Å². The Balaban J connectivity index is 3.17. The molecular weight excluding hydrogens is 170 g/mol. The van der Waals surface area contributed by atoms with E-state index in [1.165, 1.54) is 0 Å². The average Bonchev–Trinajstić information content (AvgIpc) is 2.05. The van der Waals surface area contributed by atoms with Crippen LogP contribution < -0.4 is 5.14 Å². The van der Waals surface area contributed by atoms with Crippen molar-refractivity contribution in [3.63, 3.8) is 0 Å². The molecule has 0 aliphatic heterocycles. The third-order valence-electron chi connectivity index (χ3n) is 1.48. The van der Waals surface area contributed by atoms with Crippen LogP contribution >= 0.6 is 0 Å². The van der Waals surface area contributed by atoms with Crippen LogP contribution in [0.2, 0.25) is 0 Å². The lowest BCUT2D eigenvalue weighted by atomic mass is 10.2. The summed E-state index contributed by atoms with van der Waals surface area (Å²) < 4.78 is 11.0. The first-order chi connectivity index (χ1) is 5.75. The van der Waals surface area contributed by atoms with Crippen LogP contribution in [0, 0.1) is 0 Å². The van der Waals surface area contributed by atoms with Gasteiger partial charge < -0.3 is 0 Å². The molecule has 0 saturated heterocycles. The molecule has 0 heterocycles. The van der Waals surface area contributed by atoms with Crippen molar-refractivity contribution < 1.29 is 4.21 Å². The van der Waals surface area contributed by atoms with Gasteiger partial charge in [-0.15, -0.1) is 0 Å². The number of hydrogen-bond acceptors (Lipinski definition) is 1. The minimum Gasteiger partial charge on any atom is -0.248 e. The predicted octanol–water partition coefficient (Wildman–Crippen LogP) is 1.70. The van der Waals surface area contributed by atoms with Crippen molar-refractivity contribution in [1.82, 2.24) is 0 Å². The lowest BCUT2D eigenvalue weighted by molar-refractivity contribution is 0.684. The van der Waals surface area contributed by atoms with E-state index < -0.39 is 11.0 Å². The molecule has 0 aliphatic carbocycles. The van der Waals surface area contributed by atoms with Crippen molar-refractivity contribution in [3.05, 3.63) is 35.9 Å². The van der Waals surface area contributed by atoms with E-state index in [-0.39, 0.29) is 0 Å². The van der Waals surface area contributed by atoms with Gasteiger partial charge in [-0.05, 0) is 18.6 Å². The first kappa shape index (κ1) is 9.16. The first-order valence-corrected chi connectivity index (χ1v) is 4.85. The summed E-state index contributed by atoms with van der Waals surface area (Å²) in [4.78, 5) is 0.676. The second-order valence-corrected chi connectivity index (χ2v) is 3.37. The molecule has 0 saturated carbocycles. The number of allylic oxidation sites excluding steroid dienone is 1. The molecule has 1 unspecified atom stereocenters. The van der Waals surface area contributed by atoms with Gasteiger partial charge in [0.25, 0.3) is 0 Å². The standard InChI is InChI=1S/C9H11NOS/c1-2-5-8-6-3-4-7-9(8)12(10)11/h2-7H,10H2,1H3/b5-2+. The van der Waals surface area contributed by atoms with Gasteiger partial charge in [0.05, 0.1) is 4.90 Å². The van der Waals surface area contributed by atoms with Crippen molar-refractivity contribution in [1.29, 1.82) is 0 Å². The largest absolute Gasteiger partial charge is 0.248 e. The molecule has 3 heteroatoms. The quantitative estimate of drug-likeness (QED) is 0.741. The number of hydrogen-bond donors (Lipinski definition) is 1. The molecule has 2 nitrogen and oxygen atoms in total. The highest BCUT2D eigenvalue weighted by Gasteiger charge is 2.01. The highest BCUT2D eigenvalue weighted by atomic mass is 32.2. The summed E-state index contributed by atoms with van der Waals surface area (Å²) in [5, 5.41) is 5.28. The molecule has 64 valence electrons. The lowest BCUT2D eigenvalue weighted by Gasteiger charge is -2.00. The maximum absolute atomic E-state index is 11.0. The fourth-order valence-corrected chi connectivity index (χ4v) is 1.56. The Labute approximate surface area is 74.7 Å². The van der Waals surface area contributed by atoms with Crippen LogP contribution in [0.15, 0.2) is 35.2 Å². The van der Waals surface area contributed by atoms with Gasteiger partial charge in [0.2, 0.25) is 0 Å². The zero-order chi connectivity index (χ0) is 8.97. The summed E-state index contributed by atoms with van der Waals surface area (Å²) in [7, 11) is -1.39. The normalized spacial score (nSPS) is 13.5. The van der Waals surface area contributed by atoms with E-state index in [0.717, 1.165) is 5.56 Å². The Morgan fingerprint density at radius 3 is 2.67 bits per heavy atom. The molecule has 1 aromatic rings. The summed E-state index contributed by atoms with van der Waals surface area (Å²) in [5.41, 5.74) is 0.917. The fraction of sp³-hybridized carbons (Fsp3) is 0.111. The maximum Gasteiger partial charge on any atom is 0.122 e. The Kier molecular flexibility index (Phi) is 3.19. The lowest BCUT2D eigenvalue weighted by Crippen LogP contribution is -2.04. The molecule has 0 bridgehead atoms. The average molecular weight is 181 g/mol. The minimum absolute atomic E-state index is 0.676. The van der Waals surface area contributed by atoms with Gasteiger partial charge in [0, 0.05) is 0 Å². The molecule has 0 spiro atoms. The van der Waals surface area contributed by atoms with Crippen LogP contribution in [-0.2, 0) is 11.0 Å². The zero-order valence-electron chi connectivity index (χ0n) is 6.86. The summed E-state index contributed by atoms with van der Waals surface area (Å²) in [6.07, 6.45) is 3.78. The number of nitrogens with two attached hydrogens (primary N) is 1. The molecular formula is C9H11NOS. The minimum atomic E-state index is -1.39. The smallest absolute Gasteiger partial charge is 0.122 e. The summed E-state index contributed by atoms with van der Waals surface area (Å²) in [6, 6.07) is 7.38. The van der Waals surface area contributed by atoms with Gasteiger partial charge in [0.1, 0.15) is 11.0 Å². The van der Waals surface area contributed by atoms with E-state index in [0.29, 0.717) is 4.90 Å². The van der Waals surface area contributed by atoms with Gasteiger partial charge in [-0.25, -0.2) is 9.35 Å². The zero-order valence-corrected chi connectivity index (χ0v) is 7.67. The Bertz CT molecular complexity index is 320. The molecule has 0 amide bonds. The Hall–Kier alpha value is -0.930. The number of benzene rings is 1. The fourth-order valence-electron chi connectivity index (χ4n) is 0.981. The predicted molar refractivity (Wildman–Crippen MR) is 51.7 cm³/mol. The second-order valence-electron chi connectivity index (χ2n) is 2.34. The van der Waals surface area contributed by atoms with Gasteiger partial charge in [-0.1, -0.05) is 30.4 Å². The highest BCUT2D eigenvalue weighted by molar-refractivity contribution is 7.82. The highest BCUT2D eigenvalue weighted by Crippen LogP contribution is 2.12. The molecule has 12 heavy (non-hydrogen) atoms. The van der Waals surface area contributed by atoms with Gasteiger partial charge >= 0.3 is 0 Å². The molecule has 0 radical (unpaired) electrons. The Morgan fingerprint density at radius 1 is 1.42 bits per heavy atom. The van der Waals surface area contributed by atoms with Crippen molar-refractivity contribution in [2.45, 2.75) is 11.8 Å². The van der Waals surface area contributed by atoms with Crippen LogP contribution in [0.1, 0.15) is 12.5 Å².